The minimum absolute atomic E-state index is 0.165. The second-order valence-electron chi connectivity index (χ2n) is 5.13. The highest BCUT2D eigenvalue weighted by molar-refractivity contribution is 7.09. The second-order valence-corrected chi connectivity index (χ2v) is 6.16. The van der Waals surface area contributed by atoms with E-state index in [0.717, 1.165) is 23.4 Å². The SMILES string of the molecule is Cc1ccc(C(=O)N(Cc2cccs2)C2CC2)c(=O)[nH]1. The van der Waals surface area contributed by atoms with E-state index in [-0.39, 0.29) is 23.1 Å². The Balaban J connectivity index is 1.87. The predicted octanol–water partition coefficient (Wildman–Crippen LogP) is 2.55. The maximum atomic E-state index is 12.6. The number of amides is 1. The predicted molar refractivity (Wildman–Crippen MR) is 79.0 cm³/mol. The summed E-state index contributed by atoms with van der Waals surface area (Å²) in [5.74, 6) is -0.165. The Morgan fingerprint density at radius 1 is 1.40 bits per heavy atom. The minimum Gasteiger partial charge on any atom is -0.330 e. The van der Waals surface area contributed by atoms with Crippen LogP contribution in [0.5, 0.6) is 0 Å². The van der Waals surface area contributed by atoms with Gasteiger partial charge in [-0.1, -0.05) is 6.07 Å². The highest BCUT2D eigenvalue weighted by atomic mass is 32.1. The largest absolute Gasteiger partial charge is 0.330 e. The van der Waals surface area contributed by atoms with Gasteiger partial charge in [-0.25, -0.2) is 0 Å². The third kappa shape index (κ3) is 2.67. The molecule has 0 aliphatic heterocycles. The summed E-state index contributed by atoms with van der Waals surface area (Å²) in [7, 11) is 0. The van der Waals surface area contributed by atoms with Crippen molar-refractivity contribution in [2.45, 2.75) is 32.4 Å². The molecule has 0 unspecified atom stereocenters. The Labute approximate surface area is 121 Å². The number of carbonyl (C=O) groups is 1. The van der Waals surface area contributed by atoms with Gasteiger partial charge in [-0.05, 0) is 43.3 Å². The van der Waals surface area contributed by atoms with Gasteiger partial charge in [0.15, 0.2) is 0 Å². The summed E-state index contributed by atoms with van der Waals surface area (Å²) in [5.41, 5.74) is 0.702. The lowest BCUT2D eigenvalue weighted by molar-refractivity contribution is 0.0730. The number of H-pyrrole nitrogens is 1. The van der Waals surface area contributed by atoms with Gasteiger partial charge in [-0.15, -0.1) is 11.3 Å². The number of aromatic nitrogens is 1. The number of nitrogens with zero attached hydrogens (tertiary/aromatic N) is 1. The quantitative estimate of drug-likeness (QED) is 0.940. The lowest BCUT2D eigenvalue weighted by Crippen LogP contribution is -2.35. The number of nitrogens with one attached hydrogen (secondary N) is 1. The first kappa shape index (κ1) is 13.1. The third-order valence-corrected chi connectivity index (χ3v) is 4.30. The van der Waals surface area contributed by atoms with Gasteiger partial charge >= 0.3 is 0 Å². The summed E-state index contributed by atoms with van der Waals surface area (Å²) in [4.78, 5) is 30.2. The summed E-state index contributed by atoms with van der Waals surface area (Å²) in [6, 6.07) is 7.68. The van der Waals surface area contributed by atoms with E-state index in [4.69, 9.17) is 0 Å². The zero-order valence-corrected chi connectivity index (χ0v) is 12.1. The van der Waals surface area contributed by atoms with E-state index in [0.29, 0.717) is 6.54 Å². The summed E-state index contributed by atoms with van der Waals surface area (Å²) in [6.45, 7) is 2.40. The molecule has 5 heteroatoms. The lowest BCUT2D eigenvalue weighted by atomic mass is 10.2. The van der Waals surface area contributed by atoms with Crippen molar-refractivity contribution in [3.8, 4) is 0 Å². The molecule has 1 amide bonds. The fourth-order valence-corrected chi connectivity index (χ4v) is 2.92. The van der Waals surface area contributed by atoms with Crippen molar-refractivity contribution in [2.75, 3.05) is 0 Å². The van der Waals surface area contributed by atoms with E-state index in [2.05, 4.69) is 4.98 Å². The molecular formula is C15H16N2O2S. The average molecular weight is 288 g/mol. The van der Waals surface area contributed by atoms with Crippen LogP contribution in [0.25, 0.3) is 0 Å². The van der Waals surface area contributed by atoms with Crippen molar-refractivity contribution >= 4 is 17.2 Å². The molecule has 104 valence electrons. The molecule has 20 heavy (non-hydrogen) atoms. The van der Waals surface area contributed by atoms with Crippen LogP contribution in [0.3, 0.4) is 0 Å². The third-order valence-electron chi connectivity index (χ3n) is 3.44. The fraction of sp³-hybridized carbons (Fsp3) is 0.333. The van der Waals surface area contributed by atoms with Crippen LogP contribution in [-0.4, -0.2) is 21.8 Å². The smallest absolute Gasteiger partial charge is 0.260 e. The van der Waals surface area contributed by atoms with Crippen LogP contribution < -0.4 is 5.56 Å². The van der Waals surface area contributed by atoms with Crippen LogP contribution in [-0.2, 0) is 6.54 Å². The van der Waals surface area contributed by atoms with E-state index in [1.165, 1.54) is 0 Å². The second kappa shape index (κ2) is 5.25. The molecule has 0 spiro atoms. The summed E-state index contributed by atoms with van der Waals surface area (Å²) < 4.78 is 0. The van der Waals surface area contributed by atoms with E-state index >= 15 is 0 Å². The van der Waals surface area contributed by atoms with Crippen molar-refractivity contribution in [1.29, 1.82) is 0 Å². The van der Waals surface area contributed by atoms with E-state index in [9.17, 15) is 9.59 Å². The number of aromatic amines is 1. The van der Waals surface area contributed by atoms with Crippen molar-refractivity contribution in [1.82, 2.24) is 9.88 Å². The Kier molecular flexibility index (Phi) is 3.44. The van der Waals surface area contributed by atoms with Crippen molar-refractivity contribution in [2.24, 2.45) is 0 Å². The number of hydrogen-bond acceptors (Lipinski definition) is 3. The molecule has 1 fully saturated rings. The minimum atomic E-state index is -0.299. The zero-order chi connectivity index (χ0) is 14.1. The van der Waals surface area contributed by atoms with Crippen LogP contribution in [0, 0.1) is 6.92 Å². The molecule has 0 aromatic carbocycles. The first-order chi connectivity index (χ1) is 9.65. The van der Waals surface area contributed by atoms with Crippen LogP contribution in [0.15, 0.2) is 34.4 Å². The first-order valence-corrected chi connectivity index (χ1v) is 7.56. The van der Waals surface area contributed by atoms with Gasteiger partial charge in [0.2, 0.25) is 0 Å². The summed E-state index contributed by atoms with van der Waals surface area (Å²) >= 11 is 1.64. The zero-order valence-electron chi connectivity index (χ0n) is 11.3. The molecule has 2 aromatic rings. The molecule has 0 bridgehead atoms. The Bertz CT molecular complexity index is 671. The first-order valence-electron chi connectivity index (χ1n) is 6.68. The molecule has 1 aliphatic carbocycles. The highest BCUT2D eigenvalue weighted by Crippen LogP contribution is 2.30. The van der Waals surface area contributed by atoms with Gasteiger partial charge < -0.3 is 9.88 Å². The normalized spacial score (nSPS) is 14.2. The van der Waals surface area contributed by atoms with E-state index < -0.39 is 0 Å². The molecule has 0 saturated heterocycles. The maximum Gasteiger partial charge on any atom is 0.260 e. The molecular weight excluding hydrogens is 272 g/mol. The topological polar surface area (TPSA) is 53.2 Å². The van der Waals surface area contributed by atoms with Crippen LogP contribution in [0.2, 0.25) is 0 Å². The van der Waals surface area contributed by atoms with Crippen molar-refractivity contribution < 1.29 is 4.79 Å². The van der Waals surface area contributed by atoms with Crippen LogP contribution in [0.1, 0.15) is 33.8 Å². The van der Waals surface area contributed by atoms with Gasteiger partial charge in [-0.3, -0.25) is 9.59 Å². The molecule has 0 atom stereocenters. The fourth-order valence-electron chi connectivity index (χ4n) is 2.22. The summed E-state index contributed by atoms with van der Waals surface area (Å²) in [6.07, 6.45) is 2.06. The van der Waals surface area contributed by atoms with E-state index in [1.807, 2.05) is 22.4 Å². The lowest BCUT2D eigenvalue weighted by Gasteiger charge is -2.21. The molecule has 0 radical (unpaired) electrons. The van der Waals surface area contributed by atoms with Gasteiger partial charge in [-0.2, -0.15) is 0 Å². The standard InChI is InChI=1S/C15H16N2O2S/c1-10-4-7-13(14(18)16-10)15(19)17(11-5-6-11)9-12-3-2-8-20-12/h2-4,7-8,11H,5-6,9H2,1H3,(H,16,18). The average Bonchev–Trinajstić information content (AvgIpc) is 3.12. The molecule has 1 N–H and O–H groups in total. The maximum absolute atomic E-state index is 12.6. The van der Waals surface area contributed by atoms with E-state index in [1.54, 1.807) is 30.4 Å². The number of hydrogen-bond donors (Lipinski definition) is 1. The number of aryl methyl sites for hydroxylation is 1. The van der Waals surface area contributed by atoms with Gasteiger partial charge in [0.05, 0.1) is 6.54 Å². The van der Waals surface area contributed by atoms with Gasteiger partial charge in [0.1, 0.15) is 5.56 Å². The highest BCUT2D eigenvalue weighted by Gasteiger charge is 2.34. The molecule has 1 saturated carbocycles. The van der Waals surface area contributed by atoms with Crippen LogP contribution in [0.4, 0.5) is 0 Å². The van der Waals surface area contributed by atoms with Crippen LogP contribution >= 0.6 is 11.3 Å². The van der Waals surface area contributed by atoms with Gasteiger partial charge in [0.25, 0.3) is 11.5 Å². The Morgan fingerprint density at radius 3 is 2.80 bits per heavy atom. The van der Waals surface area contributed by atoms with Gasteiger partial charge in [0, 0.05) is 16.6 Å². The van der Waals surface area contributed by atoms with Crippen molar-refractivity contribution in [3.63, 3.8) is 0 Å². The molecule has 4 nitrogen and oxygen atoms in total. The number of rotatable bonds is 4. The monoisotopic (exact) mass is 288 g/mol. The number of carbonyl (C=O) groups excluding carboxylic acids is 1. The summed E-state index contributed by atoms with van der Waals surface area (Å²) in [5, 5.41) is 2.00. The number of pyridine rings is 1. The molecule has 1 aliphatic rings. The Hall–Kier alpha value is -1.88. The Morgan fingerprint density at radius 2 is 2.20 bits per heavy atom. The molecule has 3 rings (SSSR count). The molecule has 2 aromatic heterocycles. The number of thiophene rings is 1. The molecule has 2 heterocycles. The van der Waals surface area contributed by atoms with Crippen molar-refractivity contribution in [3.05, 3.63) is 56.1 Å².